The molecule has 0 bridgehead atoms. The topological polar surface area (TPSA) is 34.1 Å². The Bertz CT molecular complexity index is 94.7. The number of rotatable bonds is 0. The fourth-order valence-corrected chi connectivity index (χ4v) is 0. The molecule has 0 aromatic carbocycles. The van der Waals surface area contributed by atoms with Gasteiger partial charge in [-0.3, -0.25) is 0 Å². The number of thiol groups is 1. The van der Waals surface area contributed by atoms with Gasteiger partial charge in [-0.25, -0.2) is 8.42 Å². The van der Waals surface area contributed by atoms with E-state index in [9.17, 15) is 8.42 Å². The Morgan fingerprint density at radius 1 is 1.50 bits per heavy atom. The molecule has 0 heterocycles. The minimum absolute atomic E-state index is 0. The molecule has 2 nitrogen and oxygen atoms in total. The van der Waals surface area contributed by atoms with Gasteiger partial charge in [0.2, 0.25) is 0 Å². The first kappa shape index (κ1) is 10.8. The van der Waals surface area contributed by atoms with Gasteiger partial charge in [-0.15, -0.1) is 0 Å². The van der Waals surface area contributed by atoms with Crippen LogP contribution in [-0.2, 0) is 8.87 Å². The summed E-state index contributed by atoms with van der Waals surface area (Å²) in [7, 11) is -2.97. The monoisotopic (exact) mass is 152 g/mol. The van der Waals surface area contributed by atoms with Crippen LogP contribution in [0.25, 0.3) is 0 Å². The third-order valence-electron chi connectivity index (χ3n) is 0. The van der Waals surface area contributed by atoms with Crippen molar-refractivity contribution in [3.05, 3.63) is 0 Å². The van der Waals surface area contributed by atoms with Gasteiger partial charge < -0.3 is 0 Å². The summed E-state index contributed by atoms with van der Waals surface area (Å²) in [6.07, 6.45) is 1.02. The molecule has 0 aliphatic rings. The summed E-state index contributed by atoms with van der Waals surface area (Å²) < 4.78 is 19.0. The first-order valence-corrected chi connectivity index (χ1v) is 3.87. The van der Waals surface area contributed by atoms with Gasteiger partial charge in [-0.05, 0) is 11.7 Å². The van der Waals surface area contributed by atoms with Gasteiger partial charge in [0.05, 0.1) is 0 Å². The molecule has 0 aromatic heterocycles. The minimum atomic E-state index is -2.97. The Labute approximate surface area is 84.8 Å². The van der Waals surface area contributed by atoms with Crippen LogP contribution in [0.3, 0.4) is 0 Å². The van der Waals surface area contributed by atoms with Crippen LogP contribution >= 0.6 is 11.7 Å². The van der Waals surface area contributed by atoms with Crippen LogP contribution in [0, 0.1) is 0 Å². The molecule has 0 saturated carbocycles. The molecule has 0 rings (SSSR count). The molecule has 0 spiro atoms. The quantitative estimate of drug-likeness (QED) is 0.281. The predicted octanol–water partition coefficient (Wildman–Crippen LogP) is -0.773. The molecule has 0 fully saturated rings. The molecule has 5 heteroatoms. The van der Waals surface area contributed by atoms with Crippen LogP contribution in [0.1, 0.15) is 0 Å². The second kappa shape index (κ2) is 3.88. The van der Waals surface area contributed by atoms with E-state index < -0.39 is 8.87 Å². The maximum absolute atomic E-state index is 9.50. The van der Waals surface area contributed by atoms with Crippen molar-refractivity contribution in [2.24, 2.45) is 0 Å². The summed E-state index contributed by atoms with van der Waals surface area (Å²) >= 11 is 3.09. The Balaban J connectivity index is 0. The van der Waals surface area contributed by atoms with E-state index in [2.05, 4.69) is 11.7 Å². The molecule has 0 aliphatic heterocycles. The van der Waals surface area contributed by atoms with Crippen LogP contribution < -0.4 is 0 Å². The molecule has 0 saturated heterocycles. The van der Waals surface area contributed by atoms with Crippen molar-refractivity contribution < 1.29 is 8.42 Å². The summed E-state index contributed by atoms with van der Waals surface area (Å²) in [4.78, 5) is 0. The van der Waals surface area contributed by atoms with Gasteiger partial charge in [-0.1, -0.05) is 0 Å². The molecule has 0 radical (unpaired) electrons. The van der Waals surface area contributed by atoms with Crippen molar-refractivity contribution >= 4 is 71.9 Å². The average molecular weight is 152 g/mol. The van der Waals surface area contributed by atoms with Crippen molar-refractivity contribution in [1.29, 1.82) is 0 Å². The van der Waals surface area contributed by atoms with E-state index in [4.69, 9.17) is 0 Å². The Morgan fingerprint density at radius 2 is 1.50 bits per heavy atom. The molecular formula is CH5KO2S2. The molecule has 34 valence electrons. The van der Waals surface area contributed by atoms with Crippen LogP contribution in [0.5, 0.6) is 0 Å². The zero-order valence-corrected chi connectivity index (χ0v) is 4.38. The van der Waals surface area contributed by atoms with Crippen molar-refractivity contribution in [1.82, 2.24) is 0 Å². The van der Waals surface area contributed by atoms with Crippen LogP contribution in [0.15, 0.2) is 0 Å². The SMILES string of the molecule is CS(=O)(=O)S.[KH]. The van der Waals surface area contributed by atoms with Crippen LogP contribution in [0.2, 0.25) is 0 Å². The fraction of sp³-hybridized carbons (Fsp3) is 1.00. The first-order valence-electron chi connectivity index (χ1n) is 0.924. The molecule has 6 heavy (non-hydrogen) atoms. The number of hydrogen-bond acceptors (Lipinski definition) is 2. The van der Waals surface area contributed by atoms with E-state index in [0.29, 0.717) is 0 Å². The zero-order chi connectivity index (χ0) is 4.50. The van der Waals surface area contributed by atoms with Crippen molar-refractivity contribution in [2.45, 2.75) is 0 Å². The summed E-state index contributed by atoms with van der Waals surface area (Å²) in [5, 5.41) is 0. The molecule has 0 amide bonds. The van der Waals surface area contributed by atoms with E-state index in [0.717, 1.165) is 6.26 Å². The molecule has 0 aliphatic carbocycles. The predicted molar refractivity (Wildman–Crippen MR) is 31.0 cm³/mol. The van der Waals surface area contributed by atoms with E-state index in [1.807, 2.05) is 0 Å². The van der Waals surface area contributed by atoms with Gasteiger partial charge in [0, 0.05) is 6.26 Å². The van der Waals surface area contributed by atoms with E-state index >= 15 is 0 Å². The second-order valence-corrected chi connectivity index (χ2v) is 4.19. The molecular weight excluding hydrogens is 147 g/mol. The normalized spacial score (nSPS) is 9.67. The third kappa shape index (κ3) is 38.6. The maximum atomic E-state index is 9.50. The summed E-state index contributed by atoms with van der Waals surface area (Å²) in [6, 6.07) is 0. The van der Waals surface area contributed by atoms with Gasteiger partial charge in [-0.2, -0.15) is 0 Å². The summed E-state index contributed by atoms with van der Waals surface area (Å²) in [5.41, 5.74) is 0. The van der Waals surface area contributed by atoms with Gasteiger partial charge >= 0.3 is 51.4 Å². The Kier molecular flexibility index (Phi) is 7.01. The molecule has 0 aromatic rings. The van der Waals surface area contributed by atoms with Gasteiger partial charge in [0.25, 0.3) is 0 Å². The van der Waals surface area contributed by atoms with Crippen LogP contribution in [0.4, 0.5) is 0 Å². The van der Waals surface area contributed by atoms with Crippen LogP contribution in [-0.4, -0.2) is 66.1 Å². The summed E-state index contributed by atoms with van der Waals surface area (Å²) in [5.74, 6) is 0. The fourth-order valence-electron chi connectivity index (χ4n) is 0. The Hall–Kier alpha value is 1.94. The number of hydrogen-bond donors (Lipinski definition) is 1. The van der Waals surface area contributed by atoms with Gasteiger partial charge in [0.15, 0.2) is 8.87 Å². The molecule has 0 atom stereocenters. The van der Waals surface area contributed by atoms with E-state index in [1.54, 1.807) is 0 Å². The standard InChI is InChI=1S/CH4O2S2.K.H/c1-5(2,3)4;;/h1H3,(H,2,3,4);;. The van der Waals surface area contributed by atoms with Crippen molar-refractivity contribution in [3.8, 4) is 0 Å². The van der Waals surface area contributed by atoms with Crippen molar-refractivity contribution in [3.63, 3.8) is 0 Å². The molecule has 0 N–H and O–H groups in total. The average Bonchev–Trinajstić information content (AvgIpc) is 0.722. The van der Waals surface area contributed by atoms with E-state index in [-0.39, 0.29) is 51.4 Å². The molecule has 0 unspecified atom stereocenters. The summed E-state index contributed by atoms with van der Waals surface area (Å²) in [6.45, 7) is 0. The zero-order valence-electron chi connectivity index (χ0n) is 2.67. The first-order chi connectivity index (χ1) is 2.00. The van der Waals surface area contributed by atoms with E-state index in [1.165, 1.54) is 0 Å². The Morgan fingerprint density at radius 3 is 1.50 bits per heavy atom. The van der Waals surface area contributed by atoms with Crippen molar-refractivity contribution in [2.75, 3.05) is 6.26 Å². The van der Waals surface area contributed by atoms with Gasteiger partial charge in [0.1, 0.15) is 0 Å². The second-order valence-electron chi connectivity index (χ2n) is 0.733. The third-order valence-corrected chi connectivity index (χ3v) is 0.